The van der Waals surface area contributed by atoms with Crippen LogP contribution in [0.4, 0.5) is 0 Å². The van der Waals surface area contributed by atoms with E-state index in [-0.39, 0.29) is 23.0 Å². The van der Waals surface area contributed by atoms with E-state index in [4.69, 9.17) is 0 Å². The zero-order valence-electron chi connectivity index (χ0n) is 16.5. The van der Waals surface area contributed by atoms with Crippen LogP contribution in [0.5, 0.6) is 0 Å². The first-order chi connectivity index (χ1) is 11.6. The summed E-state index contributed by atoms with van der Waals surface area (Å²) in [6, 6.07) is 0. The molecular weight excluding hydrogens is 312 g/mol. The maximum absolute atomic E-state index is 11.3. The van der Waals surface area contributed by atoms with Crippen LogP contribution in [0, 0.1) is 40.4 Å². The van der Waals surface area contributed by atoms with Gasteiger partial charge in [-0.2, -0.15) is 0 Å². The zero-order valence-corrected chi connectivity index (χ0v) is 16.5. The van der Waals surface area contributed by atoms with Crippen LogP contribution in [0.25, 0.3) is 0 Å². The predicted molar refractivity (Wildman–Crippen MR) is 98.9 cm³/mol. The van der Waals surface area contributed by atoms with E-state index in [0.29, 0.717) is 29.6 Å². The van der Waals surface area contributed by atoms with Gasteiger partial charge in [0.2, 0.25) is 0 Å². The number of aliphatic hydroxyl groups excluding tert-OH is 2. The molecule has 1 unspecified atom stereocenters. The van der Waals surface area contributed by atoms with Crippen molar-refractivity contribution in [1.29, 1.82) is 0 Å². The van der Waals surface area contributed by atoms with Crippen molar-refractivity contribution in [3.63, 3.8) is 0 Å². The van der Waals surface area contributed by atoms with Crippen LogP contribution in [-0.4, -0.2) is 33.1 Å². The van der Waals surface area contributed by atoms with E-state index in [1.165, 1.54) is 19.3 Å². The Balaban J connectivity index is 1.65. The van der Waals surface area contributed by atoms with E-state index >= 15 is 0 Å². The first kappa shape index (κ1) is 18.3. The van der Waals surface area contributed by atoms with Crippen LogP contribution in [0.2, 0.25) is 0 Å². The van der Waals surface area contributed by atoms with Crippen LogP contribution in [0.15, 0.2) is 0 Å². The highest BCUT2D eigenvalue weighted by atomic mass is 16.3. The van der Waals surface area contributed by atoms with Gasteiger partial charge in [-0.05, 0) is 106 Å². The van der Waals surface area contributed by atoms with E-state index in [1.807, 2.05) is 13.8 Å². The second kappa shape index (κ2) is 5.69. The summed E-state index contributed by atoms with van der Waals surface area (Å²) in [7, 11) is 0. The molecule has 4 fully saturated rings. The first-order valence-corrected chi connectivity index (χ1v) is 10.7. The second-order valence-electron chi connectivity index (χ2n) is 11.0. The van der Waals surface area contributed by atoms with Gasteiger partial charge in [-0.25, -0.2) is 0 Å². The molecule has 0 amide bonds. The lowest BCUT2D eigenvalue weighted by molar-refractivity contribution is -0.191. The van der Waals surface area contributed by atoms with Gasteiger partial charge in [-0.1, -0.05) is 13.8 Å². The van der Waals surface area contributed by atoms with Crippen LogP contribution < -0.4 is 0 Å². The number of aliphatic hydroxyl groups is 3. The van der Waals surface area contributed by atoms with E-state index < -0.39 is 5.60 Å². The summed E-state index contributed by atoms with van der Waals surface area (Å²) in [5.74, 6) is 2.52. The fraction of sp³-hybridized carbons (Fsp3) is 1.00. The van der Waals surface area contributed by atoms with Gasteiger partial charge in [0.05, 0.1) is 17.8 Å². The molecule has 0 heterocycles. The molecule has 0 aromatic rings. The Morgan fingerprint density at radius 3 is 2.32 bits per heavy atom. The maximum atomic E-state index is 11.3. The molecule has 0 aromatic carbocycles. The van der Waals surface area contributed by atoms with E-state index in [0.717, 1.165) is 32.1 Å². The van der Waals surface area contributed by atoms with Gasteiger partial charge in [-0.3, -0.25) is 0 Å². The molecule has 25 heavy (non-hydrogen) atoms. The molecule has 4 aliphatic carbocycles. The van der Waals surface area contributed by atoms with Gasteiger partial charge in [0.1, 0.15) is 0 Å². The fourth-order valence-corrected chi connectivity index (χ4v) is 8.39. The molecule has 10 atom stereocenters. The minimum Gasteiger partial charge on any atom is -0.393 e. The number of hydrogen-bond donors (Lipinski definition) is 3. The average Bonchev–Trinajstić information content (AvgIpc) is 2.84. The van der Waals surface area contributed by atoms with Gasteiger partial charge >= 0.3 is 0 Å². The monoisotopic (exact) mass is 350 g/mol. The lowest BCUT2D eigenvalue weighted by Gasteiger charge is -2.63. The predicted octanol–water partition coefficient (Wildman–Crippen LogP) is 3.75. The molecule has 3 N–H and O–H groups in total. The molecule has 0 aromatic heterocycles. The highest BCUT2D eigenvalue weighted by Gasteiger charge is 2.63. The Kier molecular flexibility index (Phi) is 4.15. The van der Waals surface area contributed by atoms with Gasteiger partial charge in [0, 0.05) is 0 Å². The molecule has 3 heteroatoms. The Morgan fingerprint density at radius 2 is 1.64 bits per heavy atom. The topological polar surface area (TPSA) is 60.7 Å². The second-order valence-corrected chi connectivity index (χ2v) is 11.0. The minimum atomic E-state index is -0.518. The molecular formula is C22H38O3. The smallest absolute Gasteiger partial charge is 0.0622 e. The average molecular weight is 351 g/mol. The van der Waals surface area contributed by atoms with Crippen molar-refractivity contribution in [1.82, 2.24) is 0 Å². The largest absolute Gasteiger partial charge is 0.393 e. The Bertz CT molecular complexity index is 529. The van der Waals surface area contributed by atoms with Gasteiger partial charge in [0.25, 0.3) is 0 Å². The summed E-state index contributed by atoms with van der Waals surface area (Å²) in [5, 5.41) is 32.2. The SMILES string of the molecule is CC(O)[C@H]1CC[C@H]2[C@@H]3CC[C@@H]4C[C@@](C)(O)CC[C@]4(C)[C@H]3[C@H](O)C[C@]12C. The van der Waals surface area contributed by atoms with Crippen molar-refractivity contribution in [3.8, 4) is 0 Å². The van der Waals surface area contributed by atoms with Crippen LogP contribution in [0.3, 0.4) is 0 Å². The summed E-state index contributed by atoms with van der Waals surface area (Å²) in [5.41, 5.74) is -0.247. The van der Waals surface area contributed by atoms with Gasteiger partial charge < -0.3 is 15.3 Å². The third-order valence-electron chi connectivity index (χ3n) is 9.54. The number of hydrogen-bond acceptors (Lipinski definition) is 3. The third-order valence-corrected chi connectivity index (χ3v) is 9.54. The Morgan fingerprint density at radius 1 is 0.920 bits per heavy atom. The molecule has 4 rings (SSSR count). The molecule has 0 spiro atoms. The molecule has 0 radical (unpaired) electrons. The summed E-state index contributed by atoms with van der Waals surface area (Å²) < 4.78 is 0. The van der Waals surface area contributed by atoms with Crippen molar-refractivity contribution < 1.29 is 15.3 Å². The van der Waals surface area contributed by atoms with E-state index in [2.05, 4.69) is 13.8 Å². The number of rotatable bonds is 1. The highest BCUT2D eigenvalue weighted by molar-refractivity contribution is 5.13. The maximum Gasteiger partial charge on any atom is 0.0622 e. The normalized spacial score (nSPS) is 59.6. The lowest BCUT2D eigenvalue weighted by Crippen LogP contribution is -2.60. The lowest BCUT2D eigenvalue weighted by atomic mass is 9.43. The van der Waals surface area contributed by atoms with Gasteiger partial charge in [-0.15, -0.1) is 0 Å². The van der Waals surface area contributed by atoms with Crippen LogP contribution >= 0.6 is 0 Å². The van der Waals surface area contributed by atoms with Crippen LogP contribution in [-0.2, 0) is 0 Å². The molecule has 0 saturated heterocycles. The Labute approximate surface area is 153 Å². The fourth-order valence-electron chi connectivity index (χ4n) is 8.39. The van der Waals surface area contributed by atoms with Gasteiger partial charge in [0.15, 0.2) is 0 Å². The highest BCUT2D eigenvalue weighted by Crippen LogP contribution is 2.68. The molecule has 4 saturated carbocycles. The molecule has 3 nitrogen and oxygen atoms in total. The minimum absolute atomic E-state index is 0.0953. The molecule has 0 bridgehead atoms. The molecule has 144 valence electrons. The molecule has 4 aliphatic rings. The quantitative estimate of drug-likeness (QED) is 0.675. The summed E-state index contributed by atoms with van der Waals surface area (Å²) in [6.45, 7) is 8.70. The number of fused-ring (bicyclic) bond motifs is 5. The molecule has 0 aliphatic heterocycles. The summed E-state index contributed by atoms with van der Waals surface area (Å²) >= 11 is 0. The summed E-state index contributed by atoms with van der Waals surface area (Å²) in [6.07, 6.45) is 7.89. The van der Waals surface area contributed by atoms with Crippen molar-refractivity contribution in [2.75, 3.05) is 0 Å². The Hall–Kier alpha value is -0.120. The van der Waals surface area contributed by atoms with Crippen molar-refractivity contribution in [3.05, 3.63) is 0 Å². The van der Waals surface area contributed by atoms with E-state index in [1.54, 1.807) is 0 Å². The zero-order chi connectivity index (χ0) is 18.2. The van der Waals surface area contributed by atoms with Crippen molar-refractivity contribution in [2.45, 2.75) is 96.9 Å². The first-order valence-electron chi connectivity index (χ1n) is 10.7. The summed E-state index contributed by atoms with van der Waals surface area (Å²) in [4.78, 5) is 0. The standard InChI is InChI=1S/C22H38O3/c1-13(23)16-7-8-17-15-6-5-14-11-20(2,25)9-10-21(14,3)19(15)18(24)12-22(16,17)4/h13-19,23-25H,5-12H2,1-4H3/t13?,14-,15+,16-,17+,18-,19-,20+,21+,22-/m1/s1. The third kappa shape index (κ3) is 2.56. The van der Waals surface area contributed by atoms with Crippen molar-refractivity contribution >= 4 is 0 Å². The van der Waals surface area contributed by atoms with E-state index in [9.17, 15) is 15.3 Å². The van der Waals surface area contributed by atoms with Crippen LogP contribution in [0.1, 0.15) is 79.1 Å². The van der Waals surface area contributed by atoms with Crippen molar-refractivity contribution in [2.24, 2.45) is 40.4 Å².